The van der Waals surface area contributed by atoms with Crippen molar-refractivity contribution in [3.8, 4) is 23.5 Å². The number of nitrogens with one attached hydrogen (secondary N) is 3. The van der Waals surface area contributed by atoms with Crippen LogP contribution in [0.1, 0.15) is 91.5 Å². The lowest BCUT2D eigenvalue weighted by atomic mass is 9.73. The lowest BCUT2D eigenvalue weighted by Crippen LogP contribution is -2.46. The molecule has 2 aliphatic carbocycles. The van der Waals surface area contributed by atoms with Gasteiger partial charge in [-0.3, -0.25) is 14.5 Å². The summed E-state index contributed by atoms with van der Waals surface area (Å²) in [5.41, 5.74) is 5.46. The molecule has 3 amide bonds. The molecule has 1 atom stereocenters. The van der Waals surface area contributed by atoms with Gasteiger partial charge in [0.15, 0.2) is 0 Å². The number of amides is 3. The second-order valence-corrected chi connectivity index (χ2v) is 14.1. The van der Waals surface area contributed by atoms with Crippen molar-refractivity contribution in [2.24, 2.45) is 18.9 Å². The summed E-state index contributed by atoms with van der Waals surface area (Å²) < 4.78 is 1.78. The number of rotatable bonds is 9. The van der Waals surface area contributed by atoms with Crippen LogP contribution in [-0.4, -0.2) is 48.8 Å². The van der Waals surface area contributed by atoms with E-state index >= 15 is 0 Å². The maximum Gasteiger partial charge on any atom is 0.315 e. The Morgan fingerprint density at radius 3 is 2.47 bits per heavy atom. The van der Waals surface area contributed by atoms with Crippen LogP contribution in [-0.2, 0) is 24.8 Å². The van der Waals surface area contributed by atoms with Gasteiger partial charge in [-0.1, -0.05) is 42.3 Å². The number of benzene rings is 1. The zero-order valence-electron chi connectivity index (χ0n) is 28.1. The van der Waals surface area contributed by atoms with Crippen molar-refractivity contribution in [3.63, 3.8) is 0 Å². The van der Waals surface area contributed by atoms with E-state index in [1.54, 1.807) is 4.68 Å². The fraction of sp³-hybridized carbons (Fsp3) is 0.436. The first-order chi connectivity index (χ1) is 23.9. The predicted octanol–water partition coefficient (Wildman–Crippen LogP) is 5.41. The van der Waals surface area contributed by atoms with Crippen LogP contribution in [0.25, 0.3) is 11.1 Å². The number of urea groups is 1. The monoisotopic (exact) mass is 656 g/mol. The maximum atomic E-state index is 13.9. The van der Waals surface area contributed by atoms with Crippen molar-refractivity contribution in [3.05, 3.63) is 95.6 Å². The first kappa shape index (κ1) is 32.5. The highest BCUT2D eigenvalue weighted by atomic mass is 16.2. The van der Waals surface area contributed by atoms with E-state index in [0.29, 0.717) is 19.0 Å². The van der Waals surface area contributed by atoms with Crippen LogP contribution in [0.15, 0.2) is 67.3 Å². The Bertz CT molecular complexity index is 1810. The van der Waals surface area contributed by atoms with Crippen molar-refractivity contribution in [2.75, 3.05) is 6.54 Å². The summed E-state index contributed by atoms with van der Waals surface area (Å²) in [6, 6.07) is 14.0. The van der Waals surface area contributed by atoms with E-state index in [9.17, 15) is 9.59 Å². The number of carbonyl (C=O) groups is 2. The predicted molar refractivity (Wildman–Crippen MR) is 187 cm³/mol. The Balaban J connectivity index is 1.02. The van der Waals surface area contributed by atoms with Crippen molar-refractivity contribution in [1.29, 1.82) is 0 Å². The van der Waals surface area contributed by atoms with Gasteiger partial charge < -0.3 is 16.0 Å². The molecule has 4 heterocycles. The molecule has 7 rings (SSSR count). The van der Waals surface area contributed by atoms with Gasteiger partial charge in [-0.05, 0) is 74.8 Å². The van der Waals surface area contributed by atoms with Crippen molar-refractivity contribution < 1.29 is 9.59 Å². The van der Waals surface area contributed by atoms with Crippen LogP contribution < -0.4 is 16.0 Å². The molecule has 1 aromatic carbocycles. The molecule has 3 aliphatic rings. The molecule has 1 spiro atoms. The summed E-state index contributed by atoms with van der Waals surface area (Å²) in [4.78, 5) is 40.3. The molecule has 252 valence electrons. The van der Waals surface area contributed by atoms with Gasteiger partial charge in [0.2, 0.25) is 5.91 Å². The summed E-state index contributed by atoms with van der Waals surface area (Å²) in [7, 11) is 1.90. The van der Waals surface area contributed by atoms with Crippen molar-refractivity contribution >= 4 is 11.9 Å². The highest BCUT2D eigenvalue weighted by Gasteiger charge is 2.42. The standard InChI is InChI=1S/C39H44N8O2/c1-3-28-21-41-34(45-36(28)30-15-17-39(18-16-30)25-43-38(49)46-39)19-26-9-11-29(12-10-26)35(37(48)42-20-27-7-5-4-6-8-27)33-14-13-31(22-40-33)32-23-44-47(2)24-32/h1,4-8,13-14,21-24,26,29-30,35H,9-12,15-20,25H2,2H3,(H,42,48)(H2,43,46,49). The van der Waals surface area contributed by atoms with Gasteiger partial charge in [-0.15, -0.1) is 6.42 Å². The number of hydrogen-bond acceptors (Lipinski definition) is 6. The van der Waals surface area contributed by atoms with E-state index in [1.165, 1.54) is 0 Å². The second kappa shape index (κ2) is 14.2. The maximum absolute atomic E-state index is 13.9. The minimum Gasteiger partial charge on any atom is -0.351 e. The minimum atomic E-state index is -0.333. The number of hydrogen-bond donors (Lipinski definition) is 3. The Hall–Kier alpha value is -5.04. The molecule has 1 unspecified atom stereocenters. The van der Waals surface area contributed by atoms with Gasteiger partial charge in [0.05, 0.1) is 34.6 Å². The van der Waals surface area contributed by atoms with E-state index in [4.69, 9.17) is 21.4 Å². The molecule has 3 N–H and O–H groups in total. The molecular formula is C39H44N8O2. The van der Waals surface area contributed by atoms with Gasteiger partial charge in [0.25, 0.3) is 0 Å². The molecule has 49 heavy (non-hydrogen) atoms. The summed E-state index contributed by atoms with van der Waals surface area (Å²) in [5, 5.41) is 13.6. The largest absolute Gasteiger partial charge is 0.351 e. The van der Waals surface area contributed by atoms with E-state index in [1.807, 2.05) is 74.3 Å². The lowest BCUT2D eigenvalue weighted by molar-refractivity contribution is -0.124. The third-order valence-corrected chi connectivity index (χ3v) is 10.9. The number of aryl methyl sites for hydroxylation is 1. The fourth-order valence-electron chi connectivity index (χ4n) is 8.08. The van der Waals surface area contributed by atoms with Crippen LogP contribution in [0, 0.1) is 24.2 Å². The molecule has 10 heteroatoms. The van der Waals surface area contributed by atoms with Crippen LogP contribution in [0.4, 0.5) is 4.79 Å². The first-order valence-corrected chi connectivity index (χ1v) is 17.5. The molecular weight excluding hydrogens is 612 g/mol. The summed E-state index contributed by atoms with van der Waals surface area (Å²) >= 11 is 0. The Labute approximate surface area is 287 Å². The van der Waals surface area contributed by atoms with Crippen LogP contribution in [0.3, 0.4) is 0 Å². The Morgan fingerprint density at radius 1 is 1.02 bits per heavy atom. The van der Waals surface area contributed by atoms with Crippen LogP contribution in [0.2, 0.25) is 0 Å². The lowest BCUT2D eigenvalue weighted by Gasteiger charge is -2.36. The van der Waals surface area contributed by atoms with Crippen molar-refractivity contribution in [2.45, 2.75) is 81.7 Å². The first-order valence-electron chi connectivity index (χ1n) is 17.5. The molecule has 0 bridgehead atoms. The summed E-state index contributed by atoms with van der Waals surface area (Å²) in [6.45, 7) is 1.17. The minimum absolute atomic E-state index is 0.0222. The van der Waals surface area contributed by atoms with Crippen LogP contribution >= 0.6 is 0 Å². The third kappa shape index (κ3) is 7.36. The molecule has 2 saturated carbocycles. The van der Waals surface area contributed by atoms with Gasteiger partial charge in [0, 0.05) is 62.2 Å². The van der Waals surface area contributed by atoms with E-state index in [-0.39, 0.29) is 35.2 Å². The smallest absolute Gasteiger partial charge is 0.315 e. The van der Waals surface area contributed by atoms with E-state index < -0.39 is 0 Å². The van der Waals surface area contributed by atoms with Gasteiger partial charge >= 0.3 is 6.03 Å². The molecule has 0 radical (unpaired) electrons. The Kier molecular flexibility index (Phi) is 9.43. The quantitative estimate of drug-likeness (QED) is 0.207. The molecule has 4 aromatic rings. The average molecular weight is 657 g/mol. The topological polar surface area (TPSA) is 127 Å². The van der Waals surface area contributed by atoms with Gasteiger partial charge in [-0.25, -0.2) is 14.8 Å². The van der Waals surface area contributed by atoms with E-state index in [2.05, 4.69) is 27.0 Å². The highest BCUT2D eigenvalue weighted by molar-refractivity contribution is 5.83. The molecule has 10 nitrogen and oxygen atoms in total. The zero-order valence-corrected chi connectivity index (χ0v) is 28.1. The third-order valence-electron chi connectivity index (χ3n) is 10.9. The molecule has 3 aromatic heterocycles. The van der Waals surface area contributed by atoms with E-state index in [0.717, 1.165) is 97.3 Å². The number of pyridine rings is 1. The summed E-state index contributed by atoms with van der Waals surface area (Å²) in [6.07, 6.45) is 21.7. The summed E-state index contributed by atoms with van der Waals surface area (Å²) in [5.74, 6) is 4.23. The normalized spacial score (nSPS) is 24.1. The van der Waals surface area contributed by atoms with Crippen LogP contribution in [0.5, 0.6) is 0 Å². The molecule has 1 aliphatic heterocycles. The fourth-order valence-corrected chi connectivity index (χ4v) is 8.08. The van der Waals surface area contributed by atoms with Gasteiger partial charge in [-0.2, -0.15) is 5.10 Å². The molecule has 1 saturated heterocycles. The Morgan fingerprint density at radius 2 is 1.82 bits per heavy atom. The molecule has 3 fully saturated rings. The number of terminal acetylenes is 1. The average Bonchev–Trinajstić information content (AvgIpc) is 3.74. The second-order valence-electron chi connectivity index (χ2n) is 14.1. The number of carbonyl (C=O) groups excluding carboxylic acids is 2. The number of nitrogens with zero attached hydrogens (tertiary/aromatic N) is 5. The zero-order chi connectivity index (χ0) is 33.8. The van der Waals surface area contributed by atoms with Gasteiger partial charge in [0.1, 0.15) is 5.82 Å². The highest BCUT2D eigenvalue weighted by Crippen LogP contribution is 2.41. The SMILES string of the molecule is C#Cc1cnc(CC2CCC(C(C(=O)NCc3ccccc3)c3ccc(-c4cnn(C)c4)cn3)CC2)nc1C1CCC2(CC1)CNC(=O)N2. The van der Waals surface area contributed by atoms with Crippen molar-refractivity contribution in [1.82, 2.24) is 40.7 Å². The number of aromatic nitrogens is 5.